The monoisotopic (exact) mass is 396 g/mol. The van der Waals surface area contributed by atoms with Crippen LogP contribution >= 0.6 is 23.6 Å². The van der Waals surface area contributed by atoms with Gasteiger partial charge >= 0.3 is 0 Å². The number of aromatic amines is 1. The minimum atomic E-state index is -0.118. The molecule has 0 aliphatic carbocycles. The molecule has 0 amide bonds. The van der Waals surface area contributed by atoms with Crippen molar-refractivity contribution in [1.82, 2.24) is 19.7 Å². The summed E-state index contributed by atoms with van der Waals surface area (Å²) in [6.45, 7) is 4.06. The Kier molecular flexibility index (Phi) is 4.59. The van der Waals surface area contributed by atoms with Crippen molar-refractivity contribution < 1.29 is 4.74 Å². The van der Waals surface area contributed by atoms with Crippen LogP contribution in [-0.2, 0) is 6.61 Å². The molecule has 0 aliphatic rings. The fraction of sp³-hybridized carbons (Fsp3) is 0.158. The first kappa shape index (κ1) is 17.6. The van der Waals surface area contributed by atoms with E-state index in [1.165, 1.54) is 11.3 Å². The van der Waals surface area contributed by atoms with Crippen molar-refractivity contribution in [2.24, 2.45) is 0 Å². The zero-order chi connectivity index (χ0) is 19.0. The first-order chi connectivity index (χ1) is 13.0. The first-order valence-corrected chi connectivity index (χ1v) is 9.52. The molecule has 4 rings (SSSR count). The lowest BCUT2D eigenvalue weighted by Gasteiger charge is -2.14. The molecule has 0 spiro atoms. The minimum absolute atomic E-state index is 0.118. The van der Waals surface area contributed by atoms with Crippen molar-refractivity contribution in [2.45, 2.75) is 20.5 Å². The molecule has 0 saturated carbocycles. The highest BCUT2D eigenvalue weighted by Gasteiger charge is 2.14. The molecular weight excluding hydrogens is 380 g/mol. The zero-order valence-corrected chi connectivity index (χ0v) is 16.4. The van der Waals surface area contributed by atoms with Gasteiger partial charge in [-0.3, -0.25) is 14.5 Å². The lowest BCUT2D eigenvalue weighted by molar-refractivity contribution is 0.307. The smallest absolute Gasteiger partial charge is 0.266 e. The van der Waals surface area contributed by atoms with Gasteiger partial charge in [0, 0.05) is 0 Å². The van der Waals surface area contributed by atoms with Crippen molar-refractivity contribution in [3.8, 4) is 11.4 Å². The highest BCUT2D eigenvalue weighted by atomic mass is 32.1. The molecule has 2 aromatic heterocycles. The maximum absolute atomic E-state index is 13.2. The number of ether oxygens (including phenoxy) is 1. The number of hydrogen-bond acceptors (Lipinski definition) is 6. The zero-order valence-electron chi connectivity index (χ0n) is 14.7. The van der Waals surface area contributed by atoms with Gasteiger partial charge in [0.25, 0.3) is 5.56 Å². The second-order valence-electron chi connectivity index (χ2n) is 6.03. The van der Waals surface area contributed by atoms with Gasteiger partial charge in [-0.25, -0.2) is 4.98 Å². The molecule has 0 fully saturated rings. The van der Waals surface area contributed by atoms with Gasteiger partial charge < -0.3 is 4.74 Å². The van der Waals surface area contributed by atoms with E-state index >= 15 is 0 Å². The molecular formula is C19H16N4O2S2. The Morgan fingerprint density at radius 3 is 2.74 bits per heavy atom. The maximum atomic E-state index is 13.2. The number of fused-ring (bicyclic) bond motifs is 1. The summed E-state index contributed by atoms with van der Waals surface area (Å²) in [5, 5.41) is 8.06. The van der Waals surface area contributed by atoms with Crippen LogP contribution < -0.4 is 10.3 Å². The molecule has 0 unspecified atom stereocenters. The van der Waals surface area contributed by atoms with Crippen LogP contribution in [0.15, 0.2) is 47.3 Å². The lowest BCUT2D eigenvalue weighted by atomic mass is 10.1. The number of nitrogens with one attached hydrogen (secondary N) is 1. The highest BCUT2D eigenvalue weighted by Crippen LogP contribution is 2.24. The third-order valence-corrected chi connectivity index (χ3v) is 5.28. The fourth-order valence-corrected chi connectivity index (χ4v) is 3.81. The number of aryl methyl sites for hydroxylation is 2. The van der Waals surface area contributed by atoms with Gasteiger partial charge in [0.1, 0.15) is 23.7 Å². The van der Waals surface area contributed by atoms with Crippen molar-refractivity contribution in [2.75, 3.05) is 0 Å². The number of nitrogens with zero attached hydrogens (tertiary/aromatic N) is 3. The van der Waals surface area contributed by atoms with Crippen molar-refractivity contribution in [3.05, 3.63) is 73.2 Å². The Labute approximate surface area is 164 Å². The summed E-state index contributed by atoms with van der Waals surface area (Å²) >= 11 is 6.39. The Morgan fingerprint density at radius 2 is 2.00 bits per heavy atom. The topological polar surface area (TPSA) is 72.8 Å². The van der Waals surface area contributed by atoms with E-state index in [4.69, 9.17) is 17.0 Å². The van der Waals surface area contributed by atoms with Crippen LogP contribution in [0.5, 0.6) is 5.75 Å². The van der Waals surface area contributed by atoms with Gasteiger partial charge in [0.15, 0.2) is 8.96 Å². The van der Waals surface area contributed by atoms with E-state index in [9.17, 15) is 4.79 Å². The van der Waals surface area contributed by atoms with Crippen LogP contribution in [0.3, 0.4) is 0 Å². The molecule has 0 bridgehead atoms. The molecule has 4 aromatic rings. The summed E-state index contributed by atoms with van der Waals surface area (Å²) in [7, 11) is 0. The van der Waals surface area contributed by atoms with Crippen molar-refractivity contribution in [1.29, 1.82) is 0 Å². The van der Waals surface area contributed by atoms with Crippen LogP contribution in [0, 0.1) is 17.8 Å². The molecule has 0 atom stereocenters. The molecule has 1 N–H and O–H groups in total. The number of benzene rings is 2. The summed E-state index contributed by atoms with van der Waals surface area (Å²) < 4.78 is 8.11. The quantitative estimate of drug-likeness (QED) is 0.526. The average molecular weight is 396 g/mol. The third-order valence-electron chi connectivity index (χ3n) is 4.22. The molecule has 27 heavy (non-hydrogen) atoms. The van der Waals surface area contributed by atoms with Crippen LogP contribution in [0.2, 0.25) is 0 Å². The molecule has 2 aromatic carbocycles. The van der Waals surface area contributed by atoms with Crippen LogP contribution in [0.25, 0.3) is 16.6 Å². The van der Waals surface area contributed by atoms with E-state index in [1.807, 2.05) is 38.1 Å². The van der Waals surface area contributed by atoms with Gasteiger partial charge in [-0.1, -0.05) is 35.6 Å². The molecule has 0 saturated heterocycles. The lowest BCUT2D eigenvalue weighted by Crippen LogP contribution is -2.23. The van der Waals surface area contributed by atoms with Crippen molar-refractivity contribution in [3.63, 3.8) is 0 Å². The Hall–Kier alpha value is -2.84. The largest absolute Gasteiger partial charge is 0.484 e. The van der Waals surface area contributed by atoms with E-state index in [-0.39, 0.29) is 12.2 Å². The first-order valence-electron chi connectivity index (χ1n) is 8.30. The summed E-state index contributed by atoms with van der Waals surface area (Å²) in [4.78, 5) is 17.8. The number of rotatable bonds is 4. The number of H-pyrrole nitrogens is 1. The van der Waals surface area contributed by atoms with E-state index in [2.05, 4.69) is 15.2 Å². The molecule has 136 valence electrons. The average Bonchev–Trinajstić information content (AvgIpc) is 3.07. The summed E-state index contributed by atoms with van der Waals surface area (Å²) in [6, 6.07) is 13.1. The van der Waals surface area contributed by atoms with Gasteiger partial charge in [-0.2, -0.15) is 5.10 Å². The number of para-hydroxylation sites is 2. The highest BCUT2D eigenvalue weighted by molar-refractivity contribution is 7.73. The summed E-state index contributed by atoms with van der Waals surface area (Å²) in [6.07, 6.45) is 0. The number of aromatic nitrogens is 4. The van der Waals surface area contributed by atoms with E-state index < -0.39 is 0 Å². The molecule has 0 aliphatic heterocycles. The fourth-order valence-electron chi connectivity index (χ4n) is 2.97. The van der Waals surface area contributed by atoms with E-state index in [0.29, 0.717) is 26.4 Å². The van der Waals surface area contributed by atoms with E-state index in [1.54, 1.807) is 22.8 Å². The maximum Gasteiger partial charge on any atom is 0.266 e. The molecule has 6 nitrogen and oxygen atoms in total. The van der Waals surface area contributed by atoms with Gasteiger partial charge in [0.2, 0.25) is 0 Å². The SMILES string of the molecule is Cc1ccccc1-n1c(C)nc2c(OCc3n[nH]c(=S)s3)cccc2c1=O. The van der Waals surface area contributed by atoms with Gasteiger partial charge in [-0.15, -0.1) is 0 Å². The second kappa shape index (κ2) is 7.05. The normalized spacial score (nSPS) is 11.0. The minimum Gasteiger partial charge on any atom is -0.484 e. The van der Waals surface area contributed by atoms with Crippen molar-refractivity contribution >= 4 is 34.5 Å². The Morgan fingerprint density at radius 1 is 1.19 bits per heavy atom. The Bertz CT molecular complexity index is 1260. The van der Waals surface area contributed by atoms with Gasteiger partial charge in [0.05, 0.1) is 11.1 Å². The Balaban J connectivity index is 1.82. The number of hydrogen-bond donors (Lipinski definition) is 1. The van der Waals surface area contributed by atoms with Crippen LogP contribution in [-0.4, -0.2) is 19.7 Å². The summed E-state index contributed by atoms with van der Waals surface area (Å²) in [5.41, 5.74) is 2.27. The molecule has 2 heterocycles. The van der Waals surface area contributed by atoms with Crippen LogP contribution in [0.1, 0.15) is 16.4 Å². The molecule has 0 radical (unpaired) electrons. The summed E-state index contributed by atoms with van der Waals surface area (Å²) in [5.74, 6) is 1.15. The predicted octanol–water partition coefficient (Wildman–Crippen LogP) is 4.10. The van der Waals surface area contributed by atoms with Crippen LogP contribution in [0.4, 0.5) is 0 Å². The second-order valence-corrected chi connectivity index (χ2v) is 7.78. The van der Waals surface area contributed by atoms with E-state index in [0.717, 1.165) is 16.3 Å². The standard InChI is InChI=1S/C19H16N4O2S2/c1-11-6-3-4-8-14(11)23-12(2)20-17-13(18(23)24)7-5-9-15(17)25-10-16-21-22-19(26)27-16/h3-9H,10H2,1-2H3,(H,22,26). The predicted molar refractivity (Wildman–Crippen MR) is 108 cm³/mol. The third kappa shape index (κ3) is 3.29. The van der Waals surface area contributed by atoms with Gasteiger partial charge in [-0.05, 0) is 49.8 Å². The molecule has 8 heteroatoms.